The number of rotatable bonds is 8. The lowest BCUT2D eigenvalue weighted by atomic mass is 10.1. The highest BCUT2D eigenvalue weighted by Gasteiger charge is 2.31. The molecule has 2 aromatic carbocycles. The third kappa shape index (κ3) is 7.61. The van der Waals surface area contributed by atoms with Gasteiger partial charge in [-0.15, -0.1) is 0 Å². The lowest BCUT2D eigenvalue weighted by Crippen LogP contribution is -2.54. The molecule has 0 aliphatic heterocycles. The van der Waals surface area contributed by atoms with Crippen LogP contribution in [0.3, 0.4) is 0 Å². The predicted molar refractivity (Wildman–Crippen MR) is 138 cm³/mol. The van der Waals surface area contributed by atoms with Crippen molar-refractivity contribution in [2.45, 2.75) is 52.7 Å². The number of anilines is 1. The molecule has 2 aromatic rings. The molecule has 0 aliphatic rings. The maximum Gasteiger partial charge on any atom is 0.244 e. The maximum atomic E-state index is 13.5. The number of sulfonamides is 1. The van der Waals surface area contributed by atoms with Crippen molar-refractivity contribution in [1.29, 1.82) is 0 Å². The molecule has 1 atom stereocenters. The van der Waals surface area contributed by atoms with E-state index in [4.69, 9.17) is 23.2 Å². The number of hydrogen-bond acceptors (Lipinski definition) is 4. The largest absolute Gasteiger partial charge is 0.350 e. The van der Waals surface area contributed by atoms with E-state index in [0.29, 0.717) is 15.6 Å². The molecule has 0 bridgehead atoms. The van der Waals surface area contributed by atoms with E-state index in [1.165, 1.54) is 11.0 Å². The molecule has 2 rings (SSSR count). The van der Waals surface area contributed by atoms with Gasteiger partial charge in [-0.3, -0.25) is 13.9 Å². The molecule has 0 radical (unpaired) electrons. The van der Waals surface area contributed by atoms with E-state index in [1.807, 2.05) is 20.8 Å². The lowest BCUT2D eigenvalue weighted by Gasteiger charge is -2.33. The molecule has 7 nitrogen and oxygen atoms in total. The molecule has 1 N–H and O–H groups in total. The van der Waals surface area contributed by atoms with Crippen LogP contribution < -0.4 is 9.62 Å². The molecular formula is C24H31Cl2N3O4S. The number of benzene rings is 2. The SMILES string of the molecule is Cc1ccc(N(CC(=O)N(Cc2ccccc2Cl)C(C)C(=O)NC(C)(C)C)S(C)(=O)=O)cc1Cl. The summed E-state index contributed by atoms with van der Waals surface area (Å²) in [5.74, 6) is -0.921. The van der Waals surface area contributed by atoms with Crippen LogP contribution in [0.5, 0.6) is 0 Å². The number of nitrogens with zero attached hydrogens (tertiary/aromatic N) is 2. The second-order valence-corrected chi connectivity index (χ2v) is 12.0. The molecule has 0 spiro atoms. The molecule has 0 heterocycles. The Morgan fingerprint density at radius 2 is 1.68 bits per heavy atom. The van der Waals surface area contributed by atoms with Gasteiger partial charge in [0, 0.05) is 22.1 Å². The van der Waals surface area contributed by atoms with Gasteiger partial charge in [0.1, 0.15) is 12.6 Å². The molecule has 0 aromatic heterocycles. The van der Waals surface area contributed by atoms with Crippen LogP contribution in [0.25, 0.3) is 0 Å². The highest BCUT2D eigenvalue weighted by atomic mass is 35.5. The van der Waals surface area contributed by atoms with Crippen LogP contribution in [-0.2, 0) is 26.2 Å². The summed E-state index contributed by atoms with van der Waals surface area (Å²) in [6.45, 7) is 8.44. The molecule has 34 heavy (non-hydrogen) atoms. The summed E-state index contributed by atoms with van der Waals surface area (Å²) < 4.78 is 26.2. The fourth-order valence-corrected chi connectivity index (χ4v) is 4.43. The Morgan fingerprint density at radius 3 is 2.21 bits per heavy atom. The van der Waals surface area contributed by atoms with Crippen LogP contribution in [-0.4, -0.2) is 49.5 Å². The van der Waals surface area contributed by atoms with Crippen molar-refractivity contribution in [2.75, 3.05) is 17.1 Å². The average Bonchev–Trinajstić information content (AvgIpc) is 2.70. The monoisotopic (exact) mass is 527 g/mol. The Labute approximate surface area is 212 Å². The van der Waals surface area contributed by atoms with Crippen molar-refractivity contribution in [2.24, 2.45) is 0 Å². The van der Waals surface area contributed by atoms with Crippen molar-refractivity contribution in [3.8, 4) is 0 Å². The van der Waals surface area contributed by atoms with Gasteiger partial charge in [-0.25, -0.2) is 8.42 Å². The van der Waals surface area contributed by atoms with Crippen LogP contribution in [0.2, 0.25) is 10.0 Å². The van der Waals surface area contributed by atoms with Crippen molar-refractivity contribution in [1.82, 2.24) is 10.2 Å². The topological polar surface area (TPSA) is 86.8 Å². The summed E-state index contributed by atoms with van der Waals surface area (Å²) >= 11 is 12.5. The van der Waals surface area contributed by atoms with Gasteiger partial charge in [0.05, 0.1) is 11.9 Å². The van der Waals surface area contributed by atoms with Crippen LogP contribution in [0.1, 0.15) is 38.8 Å². The molecule has 2 amide bonds. The first-order chi connectivity index (χ1) is 15.6. The Hall–Kier alpha value is -2.29. The Kier molecular flexibility index (Phi) is 9.02. The van der Waals surface area contributed by atoms with Crippen LogP contribution in [0, 0.1) is 6.92 Å². The summed E-state index contributed by atoms with van der Waals surface area (Å²) in [6, 6.07) is 10.9. The first-order valence-corrected chi connectivity index (χ1v) is 13.3. The fourth-order valence-electron chi connectivity index (χ4n) is 3.22. The predicted octanol–water partition coefficient (Wildman–Crippen LogP) is 4.40. The summed E-state index contributed by atoms with van der Waals surface area (Å²) in [6.07, 6.45) is 1.02. The maximum absolute atomic E-state index is 13.5. The number of nitrogens with one attached hydrogen (secondary N) is 1. The third-order valence-corrected chi connectivity index (χ3v) is 7.00. The first-order valence-electron chi connectivity index (χ1n) is 10.7. The van der Waals surface area contributed by atoms with Gasteiger partial charge in [-0.2, -0.15) is 0 Å². The van der Waals surface area contributed by atoms with Crippen molar-refractivity contribution in [3.63, 3.8) is 0 Å². The van der Waals surface area contributed by atoms with Crippen molar-refractivity contribution < 1.29 is 18.0 Å². The van der Waals surface area contributed by atoms with Gasteiger partial charge in [0.2, 0.25) is 21.8 Å². The molecule has 186 valence electrons. The highest BCUT2D eigenvalue weighted by molar-refractivity contribution is 7.92. The van der Waals surface area contributed by atoms with Gasteiger partial charge in [-0.1, -0.05) is 47.5 Å². The van der Waals surface area contributed by atoms with Gasteiger partial charge in [0.25, 0.3) is 0 Å². The smallest absolute Gasteiger partial charge is 0.244 e. The Bertz CT molecular complexity index is 1160. The molecule has 0 aliphatic carbocycles. The quantitative estimate of drug-likeness (QED) is 0.551. The zero-order valence-corrected chi connectivity index (χ0v) is 22.6. The number of aryl methyl sites for hydroxylation is 1. The van der Waals surface area contributed by atoms with E-state index in [2.05, 4.69) is 5.32 Å². The zero-order chi connectivity index (χ0) is 25.8. The standard InChI is InChI=1S/C24H31Cl2N3O4S/c1-16-11-12-19(13-21(16)26)29(34(6,32)33)15-22(30)28(14-18-9-7-8-10-20(18)25)17(2)23(31)27-24(3,4)5/h7-13,17H,14-15H2,1-6H3,(H,27,31). The summed E-state index contributed by atoms with van der Waals surface area (Å²) in [5.41, 5.74) is 1.16. The Balaban J connectivity index is 2.44. The molecule has 10 heteroatoms. The van der Waals surface area contributed by atoms with E-state index in [1.54, 1.807) is 50.2 Å². The fraction of sp³-hybridized carbons (Fsp3) is 0.417. The second-order valence-electron chi connectivity index (χ2n) is 9.23. The Morgan fingerprint density at radius 1 is 1.06 bits per heavy atom. The van der Waals surface area contributed by atoms with Crippen molar-refractivity contribution >= 4 is 50.7 Å². The van der Waals surface area contributed by atoms with E-state index < -0.39 is 34.1 Å². The van der Waals surface area contributed by atoms with E-state index in [0.717, 1.165) is 16.1 Å². The van der Waals surface area contributed by atoms with E-state index in [9.17, 15) is 18.0 Å². The number of halogens is 2. The summed E-state index contributed by atoms with van der Waals surface area (Å²) in [7, 11) is -3.83. The van der Waals surface area contributed by atoms with Crippen LogP contribution in [0.15, 0.2) is 42.5 Å². The lowest BCUT2D eigenvalue weighted by molar-refractivity contribution is -0.140. The number of carbonyl (C=O) groups excluding carboxylic acids is 2. The zero-order valence-electron chi connectivity index (χ0n) is 20.2. The van der Waals surface area contributed by atoms with Crippen LogP contribution in [0.4, 0.5) is 5.69 Å². The molecule has 0 saturated heterocycles. The minimum absolute atomic E-state index is 0.0312. The normalized spacial score (nSPS) is 12.7. The third-order valence-electron chi connectivity index (χ3n) is 5.09. The van der Waals surface area contributed by atoms with Gasteiger partial charge < -0.3 is 10.2 Å². The molecule has 0 fully saturated rings. The average molecular weight is 529 g/mol. The molecule has 0 saturated carbocycles. The number of carbonyl (C=O) groups is 2. The van der Waals surface area contributed by atoms with Crippen molar-refractivity contribution in [3.05, 3.63) is 63.6 Å². The van der Waals surface area contributed by atoms with E-state index >= 15 is 0 Å². The summed E-state index contributed by atoms with van der Waals surface area (Å²) in [5, 5.41) is 3.69. The van der Waals surface area contributed by atoms with Crippen LogP contribution >= 0.6 is 23.2 Å². The molecular weight excluding hydrogens is 497 g/mol. The van der Waals surface area contributed by atoms with Gasteiger partial charge in [0.15, 0.2) is 0 Å². The van der Waals surface area contributed by atoms with E-state index in [-0.39, 0.29) is 18.1 Å². The summed E-state index contributed by atoms with van der Waals surface area (Å²) in [4.78, 5) is 27.8. The molecule has 1 unspecified atom stereocenters. The van der Waals surface area contributed by atoms with Gasteiger partial charge in [-0.05, 0) is 63.9 Å². The number of hydrogen-bond donors (Lipinski definition) is 1. The minimum atomic E-state index is -3.83. The minimum Gasteiger partial charge on any atom is -0.350 e. The second kappa shape index (κ2) is 11.0. The highest BCUT2D eigenvalue weighted by Crippen LogP contribution is 2.26. The first kappa shape index (κ1) is 28.0. The van der Waals surface area contributed by atoms with Gasteiger partial charge >= 0.3 is 0 Å². The number of amides is 2.